The van der Waals surface area contributed by atoms with Gasteiger partial charge in [-0.05, 0) is 25.7 Å². The molecule has 0 bridgehead atoms. The van der Waals surface area contributed by atoms with E-state index in [4.69, 9.17) is 4.74 Å². The second kappa shape index (κ2) is 5.45. The summed E-state index contributed by atoms with van der Waals surface area (Å²) in [4.78, 5) is 2.27. The van der Waals surface area contributed by atoms with E-state index in [1.54, 1.807) is 0 Å². The van der Waals surface area contributed by atoms with E-state index in [1.165, 1.54) is 0 Å². The van der Waals surface area contributed by atoms with Crippen molar-refractivity contribution in [1.82, 2.24) is 4.90 Å². The zero-order valence-electron chi connectivity index (χ0n) is 10.0. The van der Waals surface area contributed by atoms with Crippen molar-refractivity contribution in [2.45, 2.75) is 32.0 Å². The van der Waals surface area contributed by atoms with Crippen LogP contribution in [0.5, 0.6) is 0 Å². The molecule has 2 N–H and O–H groups in total. The first-order valence-electron chi connectivity index (χ1n) is 6.37. The van der Waals surface area contributed by atoms with Gasteiger partial charge in [0.25, 0.3) is 0 Å². The normalized spacial score (nSPS) is 36.6. The molecule has 0 radical (unpaired) electrons. The van der Waals surface area contributed by atoms with Gasteiger partial charge in [-0.15, -0.1) is 0 Å². The maximum absolute atomic E-state index is 9.78. The van der Waals surface area contributed by atoms with Crippen LogP contribution in [0, 0.1) is 11.8 Å². The Morgan fingerprint density at radius 3 is 2.88 bits per heavy atom. The van der Waals surface area contributed by atoms with Crippen LogP contribution in [0.1, 0.15) is 19.8 Å². The van der Waals surface area contributed by atoms with E-state index in [2.05, 4.69) is 4.90 Å². The molecule has 1 saturated heterocycles. The molecule has 16 heavy (non-hydrogen) atoms. The number of aliphatic hydroxyl groups excluding tert-OH is 2. The highest BCUT2D eigenvalue weighted by molar-refractivity contribution is 4.93. The van der Waals surface area contributed by atoms with Crippen molar-refractivity contribution in [3.8, 4) is 0 Å². The van der Waals surface area contributed by atoms with E-state index in [0.717, 1.165) is 25.9 Å². The van der Waals surface area contributed by atoms with Gasteiger partial charge in [-0.1, -0.05) is 0 Å². The van der Waals surface area contributed by atoms with E-state index in [1.807, 2.05) is 6.92 Å². The highest BCUT2D eigenvalue weighted by atomic mass is 16.5. The van der Waals surface area contributed by atoms with E-state index in [0.29, 0.717) is 31.6 Å². The van der Waals surface area contributed by atoms with Crippen molar-refractivity contribution in [2.24, 2.45) is 11.8 Å². The van der Waals surface area contributed by atoms with Crippen molar-refractivity contribution in [3.05, 3.63) is 0 Å². The lowest BCUT2D eigenvalue weighted by Crippen LogP contribution is -2.34. The van der Waals surface area contributed by atoms with Crippen LogP contribution in [0.25, 0.3) is 0 Å². The van der Waals surface area contributed by atoms with E-state index >= 15 is 0 Å². The summed E-state index contributed by atoms with van der Waals surface area (Å²) < 4.78 is 5.19. The number of aliphatic hydroxyl groups is 2. The van der Waals surface area contributed by atoms with Gasteiger partial charge in [-0.3, -0.25) is 0 Å². The summed E-state index contributed by atoms with van der Waals surface area (Å²) in [5.41, 5.74) is 0. The Hall–Kier alpha value is -0.160. The molecular formula is C12H23NO3. The van der Waals surface area contributed by atoms with Gasteiger partial charge < -0.3 is 19.8 Å². The minimum absolute atomic E-state index is 0.112. The van der Waals surface area contributed by atoms with Gasteiger partial charge in [0.1, 0.15) is 0 Å². The molecule has 1 aliphatic heterocycles. The van der Waals surface area contributed by atoms with Crippen LogP contribution in [0.2, 0.25) is 0 Å². The van der Waals surface area contributed by atoms with Crippen molar-refractivity contribution >= 4 is 0 Å². The second-order valence-electron chi connectivity index (χ2n) is 5.10. The van der Waals surface area contributed by atoms with E-state index < -0.39 is 6.10 Å². The molecule has 4 unspecified atom stereocenters. The van der Waals surface area contributed by atoms with Crippen LogP contribution in [-0.4, -0.2) is 60.2 Å². The lowest BCUT2D eigenvalue weighted by molar-refractivity contribution is 0.0223. The molecule has 1 aliphatic carbocycles. The number of fused-ring (bicyclic) bond motifs is 1. The Labute approximate surface area is 97.2 Å². The summed E-state index contributed by atoms with van der Waals surface area (Å²) in [6, 6.07) is 0. The number of nitrogens with zero attached hydrogens (tertiary/aromatic N) is 1. The maximum Gasteiger partial charge on any atom is 0.0900 e. The van der Waals surface area contributed by atoms with Crippen LogP contribution in [0.15, 0.2) is 0 Å². The third-order valence-electron chi connectivity index (χ3n) is 3.88. The van der Waals surface area contributed by atoms with Gasteiger partial charge in [0.05, 0.1) is 18.8 Å². The van der Waals surface area contributed by atoms with Crippen molar-refractivity contribution in [2.75, 3.05) is 32.8 Å². The topological polar surface area (TPSA) is 52.9 Å². The summed E-state index contributed by atoms with van der Waals surface area (Å²) in [6.45, 7) is 5.66. The lowest BCUT2D eigenvalue weighted by Gasteiger charge is -2.21. The average Bonchev–Trinajstić information content (AvgIpc) is 2.78. The molecule has 2 rings (SSSR count). The number of hydrogen-bond donors (Lipinski definition) is 2. The van der Waals surface area contributed by atoms with Crippen LogP contribution in [-0.2, 0) is 4.74 Å². The maximum atomic E-state index is 9.78. The molecule has 4 atom stereocenters. The first kappa shape index (κ1) is 12.3. The molecule has 0 aromatic heterocycles. The highest BCUT2D eigenvalue weighted by Crippen LogP contribution is 2.37. The standard InChI is InChI=1S/C12H23NO3/c1-2-16-8-10(14)6-13-5-9-3-4-12(15)11(9)7-13/h9-12,14-15H,2-8H2,1H3. The second-order valence-corrected chi connectivity index (χ2v) is 5.10. The van der Waals surface area contributed by atoms with Crippen LogP contribution in [0.3, 0.4) is 0 Å². The third-order valence-corrected chi connectivity index (χ3v) is 3.88. The fourth-order valence-corrected chi connectivity index (χ4v) is 3.08. The van der Waals surface area contributed by atoms with Gasteiger partial charge in [-0.2, -0.15) is 0 Å². The predicted octanol–water partition coefficient (Wildman–Crippen LogP) is 0.0865. The first-order valence-corrected chi connectivity index (χ1v) is 6.37. The van der Waals surface area contributed by atoms with E-state index in [-0.39, 0.29) is 6.10 Å². The highest BCUT2D eigenvalue weighted by Gasteiger charge is 2.41. The van der Waals surface area contributed by atoms with Gasteiger partial charge in [0.2, 0.25) is 0 Å². The monoisotopic (exact) mass is 229 g/mol. The molecular weight excluding hydrogens is 206 g/mol. The van der Waals surface area contributed by atoms with Gasteiger partial charge in [0.15, 0.2) is 0 Å². The molecule has 1 saturated carbocycles. The summed E-state index contributed by atoms with van der Waals surface area (Å²) in [7, 11) is 0. The number of rotatable bonds is 5. The first-order chi connectivity index (χ1) is 7.70. The molecule has 2 aliphatic rings. The Balaban J connectivity index is 1.72. The quantitative estimate of drug-likeness (QED) is 0.701. The summed E-state index contributed by atoms with van der Waals surface area (Å²) in [5, 5.41) is 19.5. The van der Waals surface area contributed by atoms with Crippen molar-refractivity contribution < 1.29 is 14.9 Å². The van der Waals surface area contributed by atoms with Crippen LogP contribution in [0.4, 0.5) is 0 Å². The fraction of sp³-hybridized carbons (Fsp3) is 1.00. The fourth-order valence-electron chi connectivity index (χ4n) is 3.08. The molecule has 94 valence electrons. The minimum Gasteiger partial charge on any atom is -0.393 e. The van der Waals surface area contributed by atoms with E-state index in [9.17, 15) is 10.2 Å². The zero-order valence-corrected chi connectivity index (χ0v) is 10.0. The molecule has 4 nitrogen and oxygen atoms in total. The third kappa shape index (κ3) is 2.74. The Bertz CT molecular complexity index is 224. The SMILES string of the molecule is CCOCC(O)CN1CC2CCC(O)C2C1. The largest absolute Gasteiger partial charge is 0.393 e. The zero-order chi connectivity index (χ0) is 11.5. The number of hydrogen-bond acceptors (Lipinski definition) is 4. The molecule has 4 heteroatoms. The average molecular weight is 229 g/mol. The van der Waals surface area contributed by atoms with Gasteiger partial charge in [0, 0.05) is 32.2 Å². The van der Waals surface area contributed by atoms with Gasteiger partial charge >= 0.3 is 0 Å². The van der Waals surface area contributed by atoms with Gasteiger partial charge in [-0.25, -0.2) is 0 Å². The Morgan fingerprint density at radius 1 is 1.38 bits per heavy atom. The molecule has 0 aromatic carbocycles. The van der Waals surface area contributed by atoms with Crippen LogP contribution < -0.4 is 0 Å². The lowest BCUT2D eigenvalue weighted by atomic mass is 10.00. The van der Waals surface area contributed by atoms with Crippen molar-refractivity contribution in [1.29, 1.82) is 0 Å². The number of ether oxygens (including phenoxy) is 1. The number of likely N-dealkylation sites (tertiary alicyclic amines) is 1. The molecule has 0 aromatic rings. The molecule has 0 spiro atoms. The van der Waals surface area contributed by atoms with Crippen LogP contribution >= 0.6 is 0 Å². The summed E-state index contributed by atoms with van der Waals surface area (Å²) in [5.74, 6) is 1.09. The molecule has 0 amide bonds. The Morgan fingerprint density at radius 2 is 2.19 bits per heavy atom. The molecule has 2 fully saturated rings. The minimum atomic E-state index is -0.393. The Kier molecular flexibility index (Phi) is 4.19. The molecule has 1 heterocycles. The predicted molar refractivity (Wildman–Crippen MR) is 61.2 cm³/mol. The number of β-amino-alcohol motifs (C(OH)–C–C–N with tert-alkyl or cyclic N) is 1. The summed E-state index contributed by atoms with van der Waals surface area (Å²) >= 11 is 0. The smallest absolute Gasteiger partial charge is 0.0900 e. The van der Waals surface area contributed by atoms with Crippen molar-refractivity contribution in [3.63, 3.8) is 0 Å². The summed E-state index contributed by atoms with van der Waals surface area (Å²) in [6.07, 6.45) is 1.60.